The number of thiazole rings is 1. The quantitative estimate of drug-likeness (QED) is 0.668. The molecule has 0 fully saturated rings. The van der Waals surface area contributed by atoms with Gasteiger partial charge in [0.2, 0.25) is 4.96 Å². The number of aryl methyl sites for hydroxylation is 1. The highest BCUT2D eigenvalue weighted by molar-refractivity contribution is 7.14. The number of aromatic nitrogens is 3. The fraction of sp³-hybridized carbons (Fsp3) is 0.300. The summed E-state index contributed by atoms with van der Waals surface area (Å²) in [6.45, 7) is 2.01. The van der Waals surface area contributed by atoms with Crippen LogP contribution in [0.5, 0.6) is 0 Å². The van der Waals surface area contributed by atoms with Crippen LogP contribution in [-0.2, 0) is 6.42 Å². The van der Waals surface area contributed by atoms with Crippen LogP contribution in [0.25, 0.3) is 11.0 Å². The van der Waals surface area contributed by atoms with Gasteiger partial charge in [-0.3, -0.25) is 9.59 Å². The minimum absolute atomic E-state index is 0.183. The smallest absolute Gasteiger partial charge is 0.266 e. The molecule has 6 heteroatoms. The van der Waals surface area contributed by atoms with Crippen LogP contribution in [0.3, 0.4) is 0 Å². The zero-order valence-electron chi connectivity index (χ0n) is 14.5. The van der Waals surface area contributed by atoms with Crippen LogP contribution in [0.1, 0.15) is 36.1 Å². The Labute approximate surface area is 154 Å². The maximum Gasteiger partial charge on any atom is 0.296 e. The van der Waals surface area contributed by atoms with Crippen LogP contribution in [0.4, 0.5) is 0 Å². The summed E-state index contributed by atoms with van der Waals surface area (Å²) in [6.07, 6.45) is 9.74. The predicted octanol–water partition coefficient (Wildman–Crippen LogP) is 2.27. The third-order valence-corrected chi connectivity index (χ3v) is 5.62. The van der Waals surface area contributed by atoms with Crippen molar-refractivity contribution in [3.8, 4) is 0 Å². The number of hydrogen-bond acceptors (Lipinski definition) is 5. The molecule has 0 radical (unpaired) electrons. The summed E-state index contributed by atoms with van der Waals surface area (Å²) in [5.74, 6) is 0.361. The average Bonchev–Trinajstić information content (AvgIpc) is 2.93. The SMILES string of the molecule is Cc1ccc(Cc2nn3c(=O)/c(=C/C4CC=CCC4)sc3nc2=O)cc1. The van der Waals surface area contributed by atoms with Crippen molar-refractivity contribution in [3.05, 3.63) is 78.5 Å². The fourth-order valence-electron chi connectivity index (χ4n) is 3.15. The van der Waals surface area contributed by atoms with Gasteiger partial charge in [-0.05, 0) is 37.7 Å². The van der Waals surface area contributed by atoms with Crippen molar-refractivity contribution in [2.75, 3.05) is 0 Å². The third kappa shape index (κ3) is 3.37. The Hall–Kier alpha value is -2.60. The van der Waals surface area contributed by atoms with E-state index in [0.717, 1.165) is 30.4 Å². The first-order valence-corrected chi connectivity index (χ1v) is 9.57. The molecular weight excluding hydrogens is 346 g/mol. The summed E-state index contributed by atoms with van der Waals surface area (Å²) in [7, 11) is 0. The highest BCUT2D eigenvalue weighted by atomic mass is 32.1. The topological polar surface area (TPSA) is 64.3 Å². The molecule has 0 N–H and O–H groups in total. The molecule has 1 aliphatic rings. The van der Waals surface area contributed by atoms with Gasteiger partial charge in [-0.1, -0.05) is 59.4 Å². The largest absolute Gasteiger partial charge is 0.296 e. The van der Waals surface area contributed by atoms with Crippen LogP contribution in [0.2, 0.25) is 0 Å². The van der Waals surface area contributed by atoms with Gasteiger partial charge in [-0.2, -0.15) is 14.6 Å². The fourth-order valence-corrected chi connectivity index (χ4v) is 4.12. The van der Waals surface area contributed by atoms with Crippen molar-refractivity contribution in [3.63, 3.8) is 0 Å². The van der Waals surface area contributed by atoms with Crippen molar-refractivity contribution in [2.45, 2.75) is 32.6 Å². The van der Waals surface area contributed by atoms with Crippen LogP contribution in [-0.4, -0.2) is 14.6 Å². The molecule has 3 aromatic rings. The number of benzene rings is 1. The lowest BCUT2D eigenvalue weighted by Crippen LogP contribution is -2.28. The van der Waals surface area contributed by atoms with Gasteiger partial charge in [-0.15, -0.1) is 0 Å². The Kier molecular flexibility index (Phi) is 4.51. The summed E-state index contributed by atoms with van der Waals surface area (Å²) in [5.41, 5.74) is 1.89. The van der Waals surface area contributed by atoms with Crippen LogP contribution in [0.15, 0.2) is 46.0 Å². The Bertz CT molecular complexity index is 1140. The Morgan fingerprint density at radius 2 is 2.04 bits per heavy atom. The number of allylic oxidation sites excluding steroid dienone is 2. The number of rotatable bonds is 3. The molecule has 0 saturated heterocycles. The molecular formula is C20H19N3O2S. The second kappa shape index (κ2) is 6.96. The van der Waals surface area contributed by atoms with E-state index in [2.05, 4.69) is 22.2 Å². The van der Waals surface area contributed by atoms with E-state index in [1.54, 1.807) is 0 Å². The van der Waals surface area contributed by atoms with Crippen molar-refractivity contribution >= 4 is 22.4 Å². The molecule has 5 nitrogen and oxygen atoms in total. The molecule has 132 valence electrons. The lowest BCUT2D eigenvalue weighted by atomic mass is 9.94. The average molecular weight is 365 g/mol. The summed E-state index contributed by atoms with van der Waals surface area (Å²) in [6, 6.07) is 7.92. The van der Waals surface area contributed by atoms with E-state index >= 15 is 0 Å². The molecule has 26 heavy (non-hydrogen) atoms. The second-order valence-electron chi connectivity index (χ2n) is 6.70. The van der Waals surface area contributed by atoms with E-state index in [-0.39, 0.29) is 11.1 Å². The maximum atomic E-state index is 12.7. The number of nitrogens with zero attached hydrogens (tertiary/aromatic N) is 3. The van der Waals surface area contributed by atoms with Crippen molar-refractivity contribution in [2.24, 2.45) is 5.92 Å². The Morgan fingerprint density at radius 1 is 1.23 bits per heavy atom. The van der Waals surface area contributed by atoms with Crippen molar-refractivity contribution < 1.29 is 0 Å². The summed E-state index contributed by atoms with van der Waals surface area (Å²) in [5, 5.41) is 4.31. The van der Waals surface area contributed by atoms with E-state index in [4.69, 9.17) is 0 Å². The van der Waals surface area contributed by atoms with Gasteiger partial charge < -0.3 is 0 Å². The van der Waals surface area contributed by atoms with Gasteiger partial charge in [0.1, 0.15) is 5.69 Å². The molecule has 2 aromatic heterocycles. The second-order valence-corrected chi connectivity index (χ2v) is 7.71. The molecule has 2 heterocycles. The van der Waals surface area contributed by atoms with Gasteiger partial charge in [-0.25, -0.2) is 0 Å². The first-order chi connectivity index (χ1) is 12.6. The molecule has 0 amide bonds. The van der Waals surface area contributed by atoms with Crippen LogP contribution >= 0.6 is 11.3 Å². The minimum atomic E-state index is -0.362. The van der Waals surface area contributed by atoms with E-state index < -0.39 is 0 Å². The van der Waals surface area contributed by atoms with Gasteiger partial charge in [0, 0.05) is 6.42 Å². The summed E-state index contributed by atoms with van der Waals surface area (Å²) >= 11 is 1.25. The number of fused-ring (bicyclic) bond motifs is 1. The van der Waals surface area contributed by atoms with E-state index in [1.807, 2.05) is 37.3 Å². The first-order valence-electron chi connectivity index (χ1n) is 8.75. The molecule has 1 aliphatic carbocycles. The molecule has 0 spiro atoms. The Balaban J connectivity index is 1.74. The third-order valence-electron chi connectivity index (χ3n) is 4.64. The van der Waals surface area contributed by atoms with Crippen LogP contribution < -0.4 is 15.7 Å². The minimum Gasteiger partial charge on any atom is -0.266 e. The van der Waals surface area contributed by atoms with Gasteiger partial charge in [0.05, 0.1) is 4.53 Å². The highest BCUT2D eigenvalue weighted by Gasteiger charge is 2.13. The summed E-state index contributed by atoms with van der Waals surface area (Å²) in [4.78, 5) is 29.5. The molecule has 4 rings (SSSR count). The zero-order valence-corrected chi connectivity index (χ0v) is 15.3. The van der Waals surface area contributed by atoms with E-state index in [1.165, 1.54) is 15.9 Å². The monoisotopic (exact) mass is 365 g/mol. The normalized spacial score (nSPS) is 17.9. The molecule has 0 aliphatic heterocycles. The van der Waals surface area contributed by atoms with Crippen molar-refractivity contribution in [1.82, 2.24) is 14.6 Å². The molecule has 0 bridgehead atoms. The lowest BCUT2D eigenvalue weighted by molar-refractivity contribution is 0.612. The van der Waals surface area contributed by atoms with E-state index in [9.17, 15) is 9.59 Å². The predicted molar refractivity (Wildman–Crippen MR) is 104 cm³/mol. The Morgan fingerprint density at radius 3 is 2.77 bits per heavy atom. The molecule has 1 atom stereocenters. The molecule has 0 saturated carbocycles. The van der Waals surface area contributed by atoms with E-state index in [0.29, 0.717) is 27.5 Å². The molecule has 1 unspecified atom stereocenters. The molecule has 1 aromatic carbocycles. The summed E-state index contributed by atoms with van der Waals surface area (Å²) < 4.78 is 1.90. The number of hydrogen-bond donors (Lipinski definition) is 0. The van der Waals surface area contributed by atoms with Crippen molar-refractivity contribution in [1.29, 1.82) is 0 Å². The standard InChI is InChI=1S/C20H19N3O2S/c1-13-7-9-15(10-8-13)11-16-18(24)21-20-23(22-16)19(25)17(26-20)12-14-5-3-2-4-6-14/h2-3,7-10,12,14H,4-6,11H2,1H3/b17-12-. The van der Waals surface area contributed by atoms with Gasteiger partial charge in [0.15, 0.2) is 0 Å². The zero-order chi connectivity index (χ0) is 18.1. The highest BCUT2D eigenvalue weighted by Crippen LogP contribution is 2.19. The van der Waals surface area contributed by atoms with Crippen LogP contribution in [0, 0.1) is 12.8 Å². The first kappa shape index (κ1) is 16.8. The lowest BCUT2D eigenvalue weighted by Gasteiger charge is -2.11. The van der Waals surface area contributed by atoms with Gasteiger partial charge in [0.25, 0.3) is 11.1 Å². The maximum absolute atomic E-state index is 12.7. The van der Waals surface area contributed by atoms with Gasteiger partial charge >= 0.3 is 0 Å².